The second-order valence-corrected chi connectivity index (χ2v) is 5.99. The lowest BCUT2D eigenvalue weighted by Gasteiger charge is -2.07. The van der Waals surface area contributed by atoms with Gasteiger partial charge in [0.15, 0.2) is 0 Å². The molecule has 0 saturated carbocycles. The average Bonchev–Trinajstić information content (AvgIpc) is 2.68. The zero-order valence-corrected chi connectivity index (χ0v) is 11.5. The third kappa shape index (κ3) is 3.41. The molecule has 2 N–H and O–H groups in total. The minimum Gasteiger partial charge on any atom is -0.330 e. The van der Waals surface area contributed by atoms with E-state index in [0.29, 0.717) is 5.92 Å². The van der Waals surface area contributed by atoms with Crippen molar-refractivity contribution in [3.05, 3.63) is 28.2 Å². The predicted octanol–water partition coefficient (Wildman–Crippen LogP) is 3.87. The van der Waals surface area contributed by atoms with E-state index in [0.717, 1.165) is 36.3 Å². The standard InChI is InChI=1S/C13H17ClN2S/c1-9(6-7-15)2-5-13-16-11-8-10(14)3-4-12(11)17-13/h3-4,8-9H,2,5-7,15H2,1H3. The van der Waals surface area contributed by atoms with Crippen LogP contribution in [0.5, 0.6) is 0 Å². The van der Waals surface area contributed by atoms with Crippen molar-refractivity contribution >= 4 is 33.2 Å². The van der Waals surface area contributed by atoms with Gasteiger partial charge in [0, 0.05) is 5.02 Å². The molecule has 1 unspecified atom stereocenters. The van der Waals surface area contributed by atoms with Gasteiger partial charge in [0.25, 0.3) is 0 Å². The molecule has 2 rings (SSSR count). The summed E-state index contributed by atoms with van der Waals surface area (Å²) in [6, 6.07) is 5.89. The van der Waals surface area contributed by atoms with Crippen LogP contribution in [0, 0.1) is 5.92 Å². The molecule has 0 amide bonds. The van der Waals surface area contributed by atoms with Crippen LogP contribution in [0.15, 0.2) is 18.2 Å². The van der Waals surface area contributed by atoms with Gasteiger partial charge in [-0.15, -0.1) is 11.3 Å². The number of benzene rings is 1. The van der Waals surface area contributed by atoms with Crippen LogP contribution in [0.25, 0.3) is 10.2 Å². The average molecular weight is 269 g/mol. The molecule has 0 aliphatic rings. The van der Waals surface area contributed by atoms with Gasteiger partial charge < -0.3 is 5.73 Å². The maximum atomic E-state index is 5.95. The Morgan fingerprint density at radius 3 is 3.00 bits per heavy atom. The summed E-state index contributed by atoms with van der Waals surface area (Å²) in [5.41, 5.74) is 6.57. The van der Waals surface area contributed by atoms with Gasteiger partial charge in [0.1, 0.15) is 0 Å². The third-order valence-corrected chi connectivity index (χ3v) is 4.24. The molecule has 0 spiro atoms. The Morgan fingerprint density at radius 2 is 2.24 bits per heavy atom. The smallest absolute Gasteiger partial charge is 0.0938 e. The summed E-state index contributed by atoms with van der Waals surface area (Å²) >= 11 is 7.71. The number of halogens is 1. The number of aryl methyl sites for hydroxylation is 1. The van der Waals surface area contributed by atoms with Crippen LogP contribution in [0.3, 0.4) is 0 Å². The largest absolute Gasteiger partial charge is 0.330 e. The number of nitrogens with two attached hydrogens (primary N) is 1. The molecule has 1 heterocycles. The molecule has 0 fully saturated rings. The number of hydrogen-bond acceptors (Lipinski definition) is 3. The van der Waals surface area contributed by atoms with Crippen LogP contribution in [0.4, 0.5) is 0 Å². The number of rotatable bonds is 5. The molecule has 0 aliphatic heterocycles. The van der Waals surface area contributed by atoms with Crippen molar-refractivity contribution < 1.29 is 0 Å². The summed E-state index contributed by atoms with van der Waals surface area (Å²) in [6.45, 7) is 3.02. The van der Waals surface area contributed by atoms with Gasteiger partial charge in [-0.25, -0.2) is 4.98 Å². The Labute approximate surface area is 111 Å². The van der Waals surface area contributed by atoms with E-state index < -0.39 is 0 Å². The molecular formula is C13H17ClN2S. The van der Waals surface area contributed by atoms with Crippen molar-refractivity contribution in [2.75, 3.05) is 6.54 Å². The highest BCUT2D eigenvalue weighted by Crippen LogP contribution is 2.26. The SMILES string of the molecule is CC(CCN)CCc1nc2cc(Cl)ccc2s1. The molecule has 1 aromatic heterocycles. The van der Waals surface area contributed by atoms with E-state index in [2.05, 4.69) is 11.9 Å². The van der Waals surface area contributed by atoms with E-state index >= 15 is 0 Å². The third-order valence-electron chi connectivity index (χ3n) is 2.90. The Morgan fingerprint density at radius 1 is 1.41 bits per heavy atom. The number of nitrogens with zero attached hydrogens (tertiary/aromatic N) is 1. The number of aromatic nitrogens is 1. The summed E-state index contributed by atoms with van der Waals surface area (Å²) in [6.07, 6.45) is 3.29. The first-order valence-corrected chi connectivity index (χ1v) is 7.13. The normalized spacial score (nSPS) is 13.1. The second-order valence-electron chi connectivity index (χ2n) is 4.44. The summed E-state index contributed by atoms with van der Waals surface area (Å²) in [5, 5.41) is 1.96. The molecule has 4 heteroatoms. The van der Waals surface area contributed by atoms with Crippen molar-refractivity contribution in [3.63, 3.8) is 0 Å². The molecule has 92 valence electrons. The van der Waals surface area contributed by atoms with Crippen molar-refractivity contribution in [1.29, 1.82) is 0 Å². The molecule has 1 aromatic carbocycles. The van der Waals surface area contributed by atoms with E-state index in [1.807, 2.05) is 18.2 Å². The van der Waals surface area contributed by atoms with Gasteiger partial charge in [-0.3, -0.25) is 0 Å². The lowest BCUT2D eigenvalue weighted by molar-refractivity contribution is 0.499. The minimum absolute atomic E-state index is 0.676. The Bertz CT molecular complexity index is 495. The summed E-state index contributed by atoms with van der Waals surface area (Å²) in [7, 11) is 0. The first-order valence-electron chi connectivity index (χ1n) is 5.94. The number of thiazole rings is 1. The first kappa shape index (κ1) is 12.8. The Hall–Kier alpha value is -0.640. The minimum atomic E-state index is 0.676. The summed E-state index contributed by atoms with van der Waals surface area (Å²) in [5.74, 6) is 0.676. The highest BCUT2D eigenvalue weighted by Gasteiger charge is 2.07. The van der Waals surface area contributed by atoms with Crippen LogP contribution >= 0.6 is 22.9 Å². The lowest BCUT2D eigenvalue weighted by atomic mass is 10.0. The Balaban J connectivity index is 2.04. The highest BCUT2D eigenvalue weighted by molar-refractivity contribution is 7.18. The van der Waals surface area contributed by atoms with E-state index in [9.17, 15) is 0 Å². The molecule has 0 saturated heterocycles. The molecule has 1 atom stereocenters. The van der Waals surface area contributed by atoms with Crippen LogP contribution in [-0.2, 0) is 6.42 Å². The molecule has 0 aliphatic carbocycles. The second kappa shape index (κ2) is 5.80. The van der Waals surface area contributed by atoms with Crippen molar-refractivity contribution in [1.82, 2.24) is 4.98 Å². The van der Waals surface area contributed by atoms with E-state index in [4.69, 9.17) is 17.3 Å². The van der Waals surface area contributed by atoms with Gasteiger partial charge in [-0.2, -0.15) is 0 Å². The van der Waals surface area contributed by atoms with Crippen LogP contribution in [-0.4, -0.2) is 11.5 Å². The molecule has 0 bridgehead atoms. The number of fused-ring (bicyclic) bond motifs is 1. The van der Waals surface area contributed by atoms with Gasteiger partial charge in [0.05, 0.1) is 15.2 Å². The molecular weight excluding hydrogens is 252 g/mol. The maximum Gasteiger partial charge on any atom is 0.0938 e. The van der Waals surface area contributed by atoms with Crippen molar-refractivity contribution in [2.24, 2.45) is 11.7 Å². The van der Waals surface area contributed by atoms with E-state index in [1.54, 1.807) is 11.3 Å². The fourth-order valence-electron chi connectivity index (χ4n) is 1.85. The zero-order chi connectivity index (χ0) is 12.3. The monoisotopic (exact) mass is 268 g/mol. The van der Waals surface area contributed by atoms with Gasteiger partial charge >= 0.3 is 0 Å². The van der Waals surface area contributed by atoms with Gasteiger partial charge in [0.2, 0.25) is 0 Å². The first-order chi connectivity index (χ1) is 8.19. The fraction of sp³-hybridized carbons (Fsp3) is 0.462. The van der Waals surface area contributed by atoms with Crippen molar-refractivity contribution in [2.45, 2.75) is 26.2 Å². The molecule has 17 heavy (non-hydrogen) atoms. The number of hydrogen-bond donors (Lipinski definition) is 1. The zero-order valence-electron chi connectivity index (χ0n) is 9.95. The van der Waals surface area contributed by atoms with E-state index in [-0.39, 0.29) is 0 Å². The maximum absolute atomic E-state index is 5.95. The van der Waals surface area contributed by atoms with Crippen molar-refractivity contribution in [3.8, 4) is 0 Å². The fourth-order valence-corrected chi connectivity index (χ4v) is 2.98. The van der Waals surface area contributed by atoms with E-state index in [1.165, 1.54) is 9.71 Å². The highest BCUT2D eigenvalue weighted by atomic mass is 35.5. The lowest BCUT2D eigenvalue weighted by Crippen LogP contribution is -2.06. The molecule has 2 aromatic rings. The summed E-state index contributed by atoms with van der Waals surface area (Å²) in [4.78, 5) is 4.61. The molecule has 2 nitrogen and oxygen atoms in total. The topological polar surface area (TPSA) is 38.9 Å². The van der Waals surface area contributed by atoms with Crippen LogP contribution in [0.2, 0.25) is 5.02 Å². The molecule has 0 radical (unpaired) electrons. The predicted molar refractivity (Wildman–Crippen MR) is 75.8 cm³/mol. The summed E-state index contributed by atoms with van der Waals surface area (Å²) < 4.78 is 1.22. The van der Waals surface area contributed by atoms with Crippen LogP contribution in [0.1, 0.15) is 24.8 Å². The Kier molecular flexibility index (Phi) is 4.37. The van der Waals surface area contributed by atoms with Gasteiger partial charge in [-0.1, -0.05) is 18.5 Å². The van der Waals surface area contributed by atoms with Gasteiger partial charge in [-0.05, 0) is 49.9 Å². The quantitative estimate of drug-likeness (QED) is 0.894. The van der Waals surface area contributed by atoms with Crippen LogP contribution < -0.4 is 5.73 Å².